The van der Waals surface area contributed by atoms with Gasteiger partial charge in [0.05, 0.1) is 11.6 Å². The minimum Gasteiger partial charge on any atom is -0.452 e. The smallest absolute Gasteiger partial charge is 0.339 e. The molecule has 0 bridgehead atoms. The quantitative estimate of drug-likeness (QED) is 0.810. The highest BCUT2D eigenvalue weighted by Crippen LogP contribution is 2.39. The molecule has 1 saturated carbocycles. The lowest BCUT2D eigenvalue weighted by molar-refractivity contribution is -0.125. The summed E-state index contributed by atoms with van der Waals surface area (Å²) in [6.45, 7) is 1.16. The van der Waals surface area contributed by atoms with Crippen molar-refractivity contribution in [2.24, 2.45) is 5.92 Å². The molecule has 0 aliphatic heterocycles. The van der Waals surface area contributed by atoms with E-state index in [2.05, 4.69) is 27.3 Å². The lowest BCUT2D eigenvalue weighted by Crippen LogP contribution is -2.48. The van der Waals surface area contributed by atoms with E-state index in [1.807, 2.05) is 0 Å². The molecule has 1 aromatic carbocycles. The number of nitriles is 1. The van der Waals surface area contributed by atoms with Crippen LogP contribution in [0.1, 0.15) is 30.1 Å². The number of esters is 1. The molecule has 22 heavy (non-hydrogen) atoms. The fourth-order valence-electron chi connectivity index (χ4n) is 2.07. The van der Waals surface area contributed by atoms with Crippen LogP contribution in [-0.4, -0.2) is 24.0 Å². The summed E-state index contributed by atoms with van der Waals surface area (Å²) < 4.78 is 18.1. The molecular weight excluding hydrogens is 355 g/mol. The maximum atomic E-state index is 13.0. The van der Waals surface area contributed by atoms with E-state index in [4.69, 9.17) is 10.00 Å². The van der Waals surface area contributed by atoms with Gasteiger partial charge in [-0.15, -0.1) is 0 Å². The highest BCUT2D eigenvalue weighted by molar-refractivity contribution is 9.10. The van der Waals surface area contributed by atoms with Crippen LogP contribution in [0, 0.1) is 23.1 Å². The van der Waals surface area contributed by atoms with E-state index < -0.39 is 29.8 Å². The summed E-state index contributed by atoms with van der Waals surface area (Å²) in [5.41, 5.74) is -0.806. The fraction of sp³-hybridized carbons (Fsp3) is 0.400. The zero-order chi connectivity index (χ0) is 16.3. The van der Waals surface area contributed by atoms with Crippen LogP contribution in [0.2, 0.25) is 0 Å². The van der Waals surface area contributed by atoms with E-state index in [9.17, 15) is 14.0 Å². The van der Waals surface area contributed by atoms with Crippen molar-refractivity contribution in [3.8, 4) is 6.07 Å². The van der Waals surface area contributed by atoms with E-state index >= 15 is 0 Å². The van der Waals surface area contributed by atoms with Gasteiger partial charge in [-0.05, 0) is 59.8 Å². The van der Waals surface area contributed by atoms with Crippen molar-refractivity contribution in [3.63, 3.8) is 0 Å². The molecule has 0 unspecified atom stereocenters. The number of carbonyl (C=O) groups excluding carboxylic acids is 2. The highest BCUT2D eigenvalue weighted by Gasteiger charge is 2.43. The predicted molar refractivity (Wildman–Crippen MR) is 79.3 cm³/mol. The minimum atomic E-state index is -0.931. The molecule has 0 saturated heterocycles. The summed E-state index contributed by atoms with van der Waals surface area (Å²) in [5, 5.41) is 11.7. The molecule has 0 heterocycles. The van der Waals surface area contributed by atoms with Gasteiger partial charge in [-0.3, -0.25) is 4.79 Å². The van der Waals surface area contributed by atoms with Gasteiger partial charge in [-0.1, -0.05) is 0 Å². The lowest BCUT2D eigenvalue weighted by atomic mass is 9.98. The molecule has 0 spiro atoms. The largest absolute Gasteiger partial charge is 0.452 e. The number of amides is 1. The molecule has 0 aromatic heterocycles. The Bertz CT molecular complexity index is 655. The maximum absolute atomic E-state index is 13.0. The standard InChI is InChI=1S/C15H14BrFN2O3/c1-15(8-18,9-2-3-9)19-13(20)7-22-14(21)11-5-4-10(17)6-12(11)16/h4-6,9H,2-3,7H2,1H3,(H,19,20)/t15-/m0/s1. The van der Waals surface area contributed by atoms with Gasteiger partial charge >= 0.3 is 5.97 Å². The number of hydrogen-bond acceptors (Lipinski definition) is 4. The molecule has 1 aliphatic rings. The van der Waals surface area contributed by atoms with E-state index in [-0.39, 0.29) is 16.0 Å². The molecular formula is C15H14BrFN2O3. The first-order chi connectivity index (χ1) is 10.4. The van der Waals surface area contributed by atoms with Crippen LogP contribution in [0.25, 0.3) is 0 Å². The topological polar surface area (TPSA) is 79.2 Å². The average molecular weight is 369 g/mol. The lowest BCUT2D eigenvalue weighted by Gasteiger charge is -2.22. The summed E-state index contributed by atoms with van der Waals surface area (Å²) in [5.74, 6) is -1.63. The van der Waals surface area contributed by atoms with Crippen molar-refractivity contribution >= 4 is 27.8 Å². The van der Waals surface area contributed by atoms with Gasteiger partial charge in [0.15, 0.2) is 6.61 Å². The third-order valence-electron chi connectivity index (χ3n) is 3.51. The molecule has 1 N–H and O–H groups in total. The highest BCUT2D eigenvalue weighted by atomic mass is 79.9. The summed E-state index contributed by atoms with van der Waals surface area (Å²) in [6.07, 6.45) is 1.79. The molecule has 1 amide bonds. The van der Waals surface area contributed by atoms with Crippen molar-refractivity contribution in [3.05, 3.63) is 34.1 Å². The van der Waals surface area contributed by atoms with Crippen molar-refractivity contribution in [2.75, 3.05) is 6.61 Å². The van der Waals surface area contributed by atoms with E-state index in [1.54, 1.807) is 6.92 Å². The third kappa shape index (κ3) is 3.83. The normalized spacial score (nSPS) is 16.3. The first kappa shape index (κ1) is 16.4. The number of carbonyl (C=O) groups is 2. The van der Waals surface area contributed by atoms with Gasteiger partial charge < -0.3 is 10.1 Å². The Morgan fingerprint density at radius 3 is 2.77 bits per heavy atom. The van der Waals surface area contributed by atoms with Gasteiger partial charge in [-0.25, -0.2) is 9.18 Å². The van der Waals surface area contributed by atoms with Crippen LogP contribution in [0.3, 0.4) is 0 Å². The van der Waals surface area contributed by atoms with Crippen LogP contribution in [0.5, 0.6) is 0 Å². The second-order valence-corrected chi connectivity index (χ2v) is 6.19. The number of hydrogen-bond donors (Lipinski definition) is 1. The van der Waals surface area contributed by atoms with E-state index in [0.717, 1.165) is 25.0 Å². The van der Waals surface area contributed by atoms with E-state index in [1.165, 1.54) is 6.07 Å². The molecule has 7 heteroatoms. The van der Waals surface area contributed by atoms with Crippen molar-refractivity contribution in [2.45, 2.75) is 25.3 Å². The number of rotatable bonds is 5. The molecule has 0 radical (unpaired) electrons. The average Bonchev–Trinajstić information content (AvgIpc) is 3.29. The summed E-state index contributed by atoms with van der Waals surface area (Å²) in [6, 6.07) is 5.61. The second-order valence-electron chi connectivity index (χ2n) is 5.34. The summed E-state index contributed by atoms with van der Waals surface area (Å²) in [4.78, 5) is 23.7. The molecule has 1 aliphatic carbocycles. The first-order valence-corrected chi connectivity index (χ1v) is 7.49. The Morgan fingerprint density at radius 1 is 1.55 bits per heavy atom. The molecule has 2 rings (SSSR count). The van der Waals surface area contributed by atoms with E-state index in [0.29, 0.717) is 0 Å². The van der Waals surface area contributed by atoms with Crippen molar-refractivity contribution in [1.29, 1.82) is 5.26 Å². The summed E-state index contributed by atoms with van der Waals surface area (Å²) in [7, 11) is 0. The molecule has 1 atom stereocenters. The fourth-order valence-corrected chi connectivity index (χ4v) is 2.58. The van der Waals surface area contributed by atoms with Crippen LogP contribution in [0.15, 0.2) is 22.7 Å². The van der Waals surface area contributed by atoms with Gasteiger partial charge in [0.25, 0.3) is 5.91 Å². The van der Waals surface area contributed by atoms with Crippen molar-refractivity contribution in [1.82, 2.24) is 5.32 Å². The van der Waals surface area contributed by atoms with Crippen LogP contribution >= 0.6 is 15.9 Å². The van der Waals surface area contributed by atoms with Crippen molar-refractivity contribution < 1.29 is 18.7 Å². The number of ether oxygens (including phenoxy) is 1. The SMILES string of the molecule is C[C@@](C#N)(NC(=O)COC(=O)c1ccc(F)cc1Br)C1CC1. The summed E-state index contributed by atoms with van der Waals surface area (Å²) >= 11 is 3.06. The first-order valence-electron chi connectivity index (χ1n) is 6.70. The molecule has 1 fully saturated rings. The monoisotopic (exact) mass is 368 g/mol. The number of nitrogens with one attached hydrogen (secondary N) is 1. The Kier molecular flexibility index (Phi) is 4.81. The predicted octanol–water partition coefficient (Wildman–Crippen LogP) is 2.55. The Hall–Kier alpha value is -1.94. The Morgan fingerprint density at radius 2 is 2.23 bits per heavy atom. The van der Waals surface area contributed by atoms with Gasteiger partial charge in [0.1, 0.15) is 11.4 Å². The zero-order valence-corrected chi connectivity index (χ0v) is 13.4. The Balaban J connectivity index is 1.91. The minimum absolute atomic E-state index is 0.124. The zero-order valence-electron chi connectivity index (χ0n) is 11.9. The molecule has 5 nitrogen and oxygen atoms in total. The number of nitrogens with zero attached hydrogens (tertiary/aromatic N) is 1. The van der Waals surface area contributed by atoms with Gasteiger partial charge in [0.2, 0.25) is 0 Å². The molecule has 1 aromatic rings. The van der Waals surface area contributed by atoms with Crippen LogP contribution < -0.4 is 5.32 Å². The van der Waals surface area contributed by atoms with Gasteiger partial charge in [0, 0.05) is 4.47 Å². The van der Waals surface area contributed by atoms with Gasteiger partial charge in [-0.2, -0.15) is 5.26 Å². The number of benzene rings is 1. The Labute approximate surface area is 135 Å². The second kappa shape index (κ2) is 6.44. The maximum Gasteiger partial charge on any atom is 0.339 e. The third-order valence-corrected chi connectivity index (χ3v) is 4.17. The molecule has 116 valence electrons. The van der Waals surface area contributed by atoms with Crippen LogP contribution in [0.4, 0.5) is 4.39 Å². The van der Waals surface area contributed by atoms with Crippen LogP contribution in [-0.2, 0) is 9.53 Å². The number of halogens is 2.